The van der Waals surface area contributed by atoms with Crippen LogP contribution in [0.3, 0.4) is 0 Å². The van der Waals surface area contributed by atoms with Crippen LogP contribution >= 0.6 is 23.5 Å². The lowest BCUT2D eigenvalue weighted by Gasteiger charge is -2.50. The molecule has 0 amide bonds. The van der Waals surface area contributed by atoms with E-state index in [0.717, 1.165) is 36.2 Å². The Hall–Kier alpha value is 0.620. The SMILES string of the molecule is O[C@@H]1CC2CC(C2)C[C@H](O)C12SCCCS2. The Balaban J connectivity index is 1.82. The summed E-state index contributed by atoms with van der Waals surface area (Å²) in [6, 6.07) is 0. The van der Waals surface area contributed by atoms with Crippen LogP contribution in [-0.2, 0) is 0 Å². The van der Waals surface area contributed by atoms with Crippen LogP contribution in [0, 0.1) is 11.8 Å². The van der Waals surface area contributed by atoms with E-state index in [-0.39, 0.29) is 16.3 Å². The molecule has 92 valence electrons. The maximum Gasteiger partial charge on any atom is 0.113 e. The van der Waals surface area contributed by atoms with Gasteiger partial charge in [-0.15, -0.1) is 23.5 Å². The normalized spacial score (nSPS) is 46.9. The topological polar surface area (TPSA) is 40.5 Å². The summed E-state index contributed by atoms with van der Waals surface area (Å²) in [6.45, 7) is 0. The first-order chi connectivity index (χ1) is 7.71. The van der Waals surface area contributed by atoms with Crippen molar-refractivity contribution >= 4 is 23.5 Å². The number of rotatable bonds is 0. The molecule has 0 aromatic carbocycles. The summed E-state index contributed by atoms with van der Waals surface area (Å²) in [5, 5.41) is 20.9. The molecule has 2 nitrogen and oxygen atoms in total. The molecule has 2 bridgehead atoms. The fourth-order valence-corrected chi connectivity index (χ4v) is 6.78. The summed E-state index contributed by atoms with van der Waals surface area (Å²) in [4.78, 5) is 0. The van der Waals surface area contributed by atoms with Crippen LogP contribution in [0.5, 0.6) is 0 Å². The second-order valence-corrected chi connectivity index (χ2v) is 8.48. The van der Waals surface area contributed by atoms with Gasteiger partial charge in [0.15, 0.2) is 0 Å². The van der Waals surface area contributed by atoms with Gasteiger partial charge in [0.2, 0.25) is 0 Å². The third-order valence-corrected chi connectivity index (χ3v) is 8.00. The molecule has 1 aliphatic heterocycles. The van der Waals surface area contributed by atoms with Crippen LogP contribution in [0.1, 0.15) is 32.1 Å². The van der Waals surface area contributed by atoms with E-state index >= 15 is 0 Å². The lowest BCUT2D eigenvalue weighted by atomic mass is 9.67. The maximum absolute atomic E-state index is 10.5. The molecule has 2 N–H and O–H groups in total. The van der Waals surface area contributed by atoms with Gasteiger partial charge in [-0.3, -0.25) is 0 Å². The van der Waals surface area contributed by atoms with E-state index in [1.807, 2.05) is 23.5 Å². The molecule has 4 fully saturated rings. The van der Waals surface area contributed by atoms with Crippen LogP contribution in [0.2, 0.25) is 0 Å². The van der Waals surface area contributed by atoms with Gasteiger partial charge in [-0.05, 0) is 55.4 Å². The number of fused-ring (bicyclic) bond motifs is 2. The summed E-state index contributed by atoms with van der Waals surface area (Å²) in [5.74, 6) is 3.65. The third-order valence-electron chi connectivity index (χ3n) is 4.32. The molecule has 0 aromatic heterocycles. The molecule has 0 unspecified atom stereocenters. The average molecular weight is 260 g/mol. The van der Waals surface area contributed by atoms with Crippen LogP contribution in [0.25, 0.3) is 0 Å². The van der Waals surface area contributed by atoms with Crippen molar-refractivity contribution in [1.82, 2.24) is 0 Å². The number of aliphatic hydroxyl groups is 2. The Morgan fingerprint density at radius 2 is 1.31 bits per heavy atom. The highest BCUT2D eigenvalue weighted by Crippen LogP contribution is 2.55. The fraction of sp³-hybridized carbons (Fsp3) is 1.00. The molecular formula is C12H20O2S2. The van der Waals surface area contributed by atoms with E-state index in [1.165, 1.54) is 19.3 Å². The lowest BCUT2D eigenvalue weighted by molar-refractivity contribution is -0.0126. The summed E-state index contributed by atoms with van der Waals surface area (Å²) in [6.07, 6.45) is 4.87. The van der Waals surface area contributed by atoms with Crippen LogP contribution in [0.4, 0.5) is 0 Å². The smallest absolute Gasteiger partial charge is 0.113 e. The minimum Gasteiger partial charge on any atom is -0.391 e. The molecule has 0 aromatic rings. The zero-order valence-electron chi connectivity index (χ0n) is 9.47. The summed E-state index contributed by atoms with van der Waals surface area (Å²) in [5.41, 5.74) is 0. The van der Waals surface area contributed by atoms with E-state index in [1.54, 1.807) is 0 Å². The Kier molecular flexibility index (Phi) is 3.20. The van der Waals surface area contributed by atoms with E-state index in [4.69, 9.17) is 0 Å². The van der Waals surface area contributed by atoms with Crippen LogP contribution < -0.4 is 0 Å². The van der Waals surface area contributed by atoms with Gasteiger partial charge in [0, 0.05) is 0 Å². The summed E-state index contributed by atoms with van der Waals surface area (Å²) < 4.78 is -0.296. The highest BCUT2D eigenvalue weighted by Gasteiger charge is 2.51. The van der Waals surface area contributed by atoms with Gasteiger partial charge in [0.25, 0.3) is 0 Å². The third kappa shape index (κ3) is 1.82. The van der Waals surface area contributed by atoms with Crippen LogP contribution in [-0.4, -0.2) is 38.0 Å². The minimum atomic E-state index is -0.316. The fourth-order valence-electron chi connectivity index (χ4n) is 3.39. The van der Waals surface area contributed by atoms with Gasteiger partial charge in [0.05, 0.1) is 12.2 Å². The molecular weight excluding hydrogens is 240 g/mol. The number of hydrogen-bond donors (Lipinski definition) is 2. The predicted octanol–water partition coefficient (Wildman–Crippen LogP) is 2.09. The Morgan fingerprint density at radius 3 is 1.81 bits per heavy atom. The summed E-state index contributed by atoms with van der Waals surface area (Å²) in [7, 11) is 0. The Morgan fingerprint density at radius 1 is 0.812 bits per heavy atom. The van der Waals surface area contributed by atoms with Gasteiger partial charge in [-0.1, -0.05) is 0 Å². The number of hydrogen-bond acceptors (Lipinski definition) is 4. The van der Waals surface area contributed by atoms with Crippen molar-refractivity contribution in [2.24, 2.45) is 11.8 Å². The monoisotopic (exact) mass is 260 g/mol. The van der Waals surface area contributed by atoms with Crippen LogP contribution in [0.15, 0.2) is 0 Å². The van der Waals surface area contributed by atoms with Crippen molar-refractivity contribution in [1.29, 1.82) is 0 Å². The lowest BCUT2D eigenvalue weighted by Crippen LogP contribution is -2.53. The highest BCUT2D eigenvalue weighted by molar-refractivity contribution is 8.19. The van der Waals surface area contributed by atoms with E-state index < -0.39 is 0 Å². The van der Waals surface area contributed by atoms with Crippen molar-refractivity contribution in [2.75, 3.05) is 11.5 Å². The molecule has 1 saturated heterocycles. The molecule has 4 heteroatoms. The molecule has 16 heavy (non-hydrogen) atoms. The number of aliphatic hydroxyl groups excluding tert-OH is 2. The van der Waals surface area contributed by atoms with Crippen molar-refractivity contribution < 1.29 is 10.2 Å². The summed E-state index contributed by atoms with van der Waals surface area (Å²) >= 11 is 3.62. The minimum absolute atomic E-state index is 0.296. The van der Waals surface area contributed by atoms with E-state index in [9.17, 15) is 10.2 Å². The van der Waals surface area contributed by atoms with E-state index in [2.05, 4.69) is 0 Å². The Bertz CT molecular complexity index is 242. The van der Waals surface area contributed by atoms with Crippen molar-refractivity contribution in [3.63, 3.8) is 0 Å². The molecule has 1 spiro atoms. The second-order valence-electron chi connectivity index (χ2n) is 5.48. The van der Waals surface area contributed by atoms with Crippen molar-refractivity contribution in [2.45, 2.75) is 48.4 Å². The van der Waals surface area contributed by atoms with Crippen molar-refractivity contribution in [3.05, 3.63) is 0 Å². The largest absolute Gasteiger partial charge is 0.391 e. The second kappa shape index (κ2) is 4.38. The average Bonchev–Trinajstić information content (AvgIpc) is 2.25. The maximum atomic E-state index is 10.5. The standard InChI is InChI=1S/C12H20O2S2/c13-10-6-8-4-9(5-8)7-11(14)12(10)15-2-1-3-16-12/h8-11,13-14H,1-7H2/t8?,9?,10-,11+. The number of thioether (sulfide) groups is 2. The van der Waals surface area contributed by atoms with Gasteiger partial charge < -0.3 is 10.2 Å². The van der Waals surface area contributed by atoms with Gasteiger partial charge in [0.1, 0.15) is 4.08 Å². The first-order valence-electron chi connectivity index (χ1n) is 6.35. The van der Waals surface area contributed by atoms with E-state index in [0.29, 0.717) is 0 Å². The molecule has 3 aliphatic carbocycles. The van der Waals surface area contributed by atoms with Gasteiger partial charge in [-0.25, -0.2) is 0 Å². The predicted molar refractivity (Wildman–Crippen MR) is 69.7 cm³/mol. The molecule has 3 saturated carbocycles. The first kappa shape index (κ1) is 11.7. The Labute approximate surface area is 106 Å². The molecule has 0 radical (unpaired) electrons. The highest BCUT2D eigenvalue weighted by atomic mass is 32.2. The molecule has 2 atom stereocenters. The van der Waals surface area contributed by atoms with Gasteiger partial charge >= 0.3 is 0 Å². The molecule has 4 aliphatic rings. The molecule has 1 heterocycles. The van der Waals surface area contributed by atoms with Crippen molar-refractivity contribution in [3.8, 4) is 0 Å². The quantitative estimate of drug-likeness (QED) is 0.700. The van der Waals surface area contributed by atoms with Gasteiger partial charge in [-0.2, -0.15) is 0 Å². The zero-order valence-corrected chi connectivity index (χ0v) is 11.1. The zero-order chi connectivity index (χ0) is 11.2. The molecule has 4 rings (SSSR count). The first-order valence-corrected chi connectivity index (χ1v) is 8.32.